The van der Waals surface area contributed by atoms with Gasteiger partial charge in [0.05, 0.1) is 23.6 Å². The number of aromatic nitrogens is 3. The third-order valence-electron chi connectivity index (χ3n) is 2.56. The molecule has 0 saturated heterocycles. The van der Waals surface area contributed by atoms with Crippen LogP contribution in [0.5, 0.6) is 0 Å². The summed E-state index contributed by atoms with van der Waals surface area (Å²) in [5.41, 5.74) is 3.82. The molecule has 0 aliphatic carbocycles. The van der Waals surface area contributed by atoms with Gasteiger partial charge in [0, 0.05) is 4.47 Å². The van der Waals surface area contributed by atoms with E-state index in [9.17, 15) is 0 Å². The normalized spacial score (nSPS) is 11.4. The standard InChI is InChI=1S/C11H7BrClN3/c1-6-2-7(12)3-8-10(6)15-11(13)9-4-14-5-16(8)9/h2-5H,1H3. The second kappa shape index (κ2) is 3.43. The lowest BCUT2D eigenvalue weighted by molar-refractivity contribution is 1.18. The highest BCUT2D eigenvalue weighted by Gasteiger charge is 2.09. The van der Waals surface area contributed by atoms with E-state index in [0.717, 1.165) is 26.6 Å². The smallest absolute Gasteiger partial charge is 0.155 e. The van der Waals surface area contributed by atoms with Gasteiger partial charge in [0.15, 0.2) is 5.15 Å². The Morgan fingerprint density at radius 3 is 2.94 bits per heavy atom. The summed E-state index contributed by atoms with van der Waals surface area (Å²) in [5.74, 6) is 0. The fourth-order valence-corrected chi connectivity index (χ4v) is 2.63. The van der Waals surface area contributed by atoms with Crippen LogP contribution in [0.4, 0.5) is 0 Å². The molecule has 1 aromatic carbocycles. The molecule has 0 radical (unpaired) electrons. The highest BCUT2D eigenvalue weighted by Crippen LogP contribution is 2.26. The Hall–Kier alpha value is -1.13. The molecule has 0 aliphatic heterocycles. The number of hydrogen-bond donors (Lipinski definition) is 0. The number of rotatable bonds is 0. The Morgan fingerprint density at radius 2 is 2.12 bits per heavy atom. The Kier molecular flexibility index (Phi) is 2.16. The summed E-state index contributed by atoms with van der Waals surface area (Å²) < 4.78 is 2.97. The topological polar surface area (TPSA) is 30.2 Å². The van der Waals surface area contributed by atoms with Crippen LogP contribution in [0, 0.1) is 6.92 Å². The average Bonchev–Trinajstić information content (AvgIpc) is 2.69. The van der Waals surface area contributed by atoms with Crippen molar-refractivity contribution >= 4 is 44.1 Å². The Bertz CT molecular complexity index is 705. The lowest BCUT2D eigenvalue weighted by Gasteiger charge is -2.06. The molecule has 0 unspecified atom stereocenters. The van der Waals surface area contributed by atoms with Crippen LogP contribution in [0.2, 0.25) is 5.15 Å². The van der Waals surface area contributed by atoms with E-state index in [2.05, 4.69) is 25.9 Å². The number of imidazole rings is 1. The minimum absolute atomic E-state index is 0.482. The van der Waals surface area contributed by atoms with E-state index in [1.54, 1.807) is 12.5 Å². The summed E-state index contributed by atoms with van der Waals surface area (Å²) in [6.07, 6.45) is 3.46. The van der Waals surface area contributed by atoms with Crippen molar-refractivity contribution in [2.24, 2.45) is 0 Å². The molecule has 0 spiro atoms. The van der Waals surface area contributed by atoms with Gasteiger partial charge in [-0.15, -0.1) is 0 Å². The van der Waals surface area contributed by atoms with Gasteiger partial charge in [-0.2, -0.15) is 0 Å². The molecule has 2 heterocycles. The van der Waals surface area contributed by atoms with Gasteiger partial charge in [0.2, 0.25) is 0 Å². The second-order valence-corrected chi connectivity index (χ2v) is 4.92. The van der Waals surface area contributed by atoms with Crippen LogP contribution >= 0.6 is 27.5 Å². The van der Waals surface area contributed by atoms with Crippen molar-refractivity contribution in [2.75, 3.05) is 0 Å². The second-order valence-electron chi connectivity index (χ2n) is 3.64. The maximum atomic E-state index is 6.11. The first-order valence-electron chi connectivity index (χ1n) is 4.74. The number of hydrogen-bond acceptors (Lipinski definition) is 2. The van der Waals surface area contributed by atoms with Crippen LogP contribution in [-0.4, -0.2) is 14.4 Å². The van der Waals surface area contributed by atoms with Crippen LogP contribution in [-0.2, 0) is 0 Å². The van der Waals surface area contributed by atoms with Crippen LogP contribution in [0.1, 0.15) is 5.56 Å². The molecule has 16 heavy (non-hydrogen) atoms. The SMILES string of the molecule is Cc1cc(Br)cc2c1nc(Cl)c1cncn12. The quantitative estimate of drug-likeness (QED) is 0.634. The molecule has 0 bridgehead atoms. The lowest BCUT2D eigenvalue weighted by atomic mass is 10.2. The largest absolute Gasteiger partial charge is 0.294 e. The van der Waals surface area contributed by atoms with Crippen molar-refractivity contribution in [3.05, 3.63) is 39.8 Å². The number of benzene rings is 1. The lowest BCUT2D eigenvalue weighted by Crippen LogP contribution is -1.93. The van der Waals surface area contributed by atoms with Crippen molar-refractivity contribution in [1.82, 2.24) is 14.4 Å². The third-order valence-corrected chi connectivity index (χ3v) is 3.30. The van der Waals surface area contributed by atoms with E-state index in [4.69, 9.17) is 11.6 Å². The monoisotopic (exact) mass is 295 g/mol. The van der Waals surface area contributed by atoms with Crippen molar-refractivity contribution < 1.29 is 0 Å². The predicted octanol–water partition coefficient (Wildman–Crippen LogP) is 3.61. The fourth-order valence-electron chi connectivity index (χ4n) is 1.84. The zero-order chi connectivity index (χ0) is 11.3. The molecule has 0 amide bonds. The van der Waals surface area contributed by atoms with E-state index < -0.39 is 0 Å². The fraction of sp³-hybridized carbons (Fsp3) is 0.0909. The first-order chi connectivity index (χ1) is 7.66. The van der Waals surface area contributed by atoms with Gasteiger partial charge in [-0.25, -0.2) is 9.97 Å². The zero-order valence-corrected chi connectivity index (χ0v) is 10.7. The molecule has 0 atom stereocenters. The Labute approximate surface area is 105 Å². The Morgan fingerprint density at radius 1 is 1.31 bits per heavy atom. The maximum absolute atomic E-state index is 6.11. The van der Waals surface area contributed by atoms with E-state index in [1.807, 2.05) is 23.5 Å². The van der Waals surface area contributed by atoms with E-state index in [0.29, 0.717) is 5.15 Å². The summed E-state index contributed by atoms with van der Waals surface area (Å²) in [5, 5.41) is 0.482. The molecule has 0 N–H and O–H groups in total. The van der Waals surface area contributed by atoms with Crippen molar-refractivity contribution in [2.45, 2.75) is 6.92 Å². The first kappa shape index (κ1) is 10.1. The number of halogens is 2. The van der Waals surface area contributed by atoms with Crippen molar-refractivity contribution in [1.29, 1.82) is 0 Å². The highest BCUT2D eigenvalue weighted by atomic mass is 79.9. The summed E-state index contributed by atoms with van der Waals surface area (Å²) >= 11 is 9.59. The molecule has 3 aromatic rings. The number of aryl methyl sites for hydroxylation is 1. The van der Waals surface area contributed by atoms with Crippen molar-refractivity contribution in [3.63, 3.8) is 0 Å². The molecule has 0 fully saturated rings. The molecule has 2 aromatic heterocycles. The van der Waals surface area contributed by atoms with E-state index in [-0.39, 0.29) is 0 Å². The summed E-state index contributed by atoms with van der Waals surface area (Å²) in [4.78, 5) is 8.50. The van der Waals surface area contributed by atoms with E-state index in [1.165, 1.54) is 0 Å². The summed E-state index contributed by atoms with van der Waals surface area (Å²) in [6.45, 7) is 2.01. The molecule has 5 heteroatoms. The van der Waals surface area contributed by atoms with Gasteiger partial charge in [-0.1, -0.05) is 27.5 Å². The minimum Gasteiger partial charge on any atom is -0.294 e. The van der Waals surface area contributed by atoms with Crippen LogP contribution in [0.15, 0.2) is 29.1 Å². The van der Waals surface area contributed by atoms with Crippen LogP contribution in [0.3, 0.4) is 0 Å². The third kappa shape index (κ3) is 1.33. The first-order valence-corrected chi connectivity index (χ1v) is 5.91. The summed E-state index contributed by atoms with van der Waals surface area (Å²) in [7, 11) is 0. The van der Waals surface area contributed by atoms with Gasteiger partial charge in [-0.05, 0) is 24.6 Å². The van der Waals surface area contributed by atoms with Gasteiger partial charge in [-0.3, -0.25) is 4.40 Å². The average molecular weight is 297 g/mol. The minimum atomic E-state index is 0.482. The Balaban J connectivity index is 2.64. The van der Waals surface area contributed by atoms with Gasteiger partial charge in [0.1, 0.15) is 5.52 Å². The van der Waals surface area contributed by atoms with E-state index >= 15 is 0 Å². The number of fused-ring (bicyclic) bond motifs is 3. The molecule has 3 rings (SSSR count). The van der Waals surface area contributed by atoms with Gasteiger partial charge >= 0.3 is 0 Å². The molecule has 0 aliphatic rings. The van der Waals surface area contributed by atoms with Gasteiger partial charge < -0.3 is 0 Å². The molecule has 80 valence electrons. The summed E-state index contributed by atoms with van der Waals surface area (Å²) in [6, 6.07) is 4.04. The highest BCUT2D eigenvalue weighted by molar-refractivity contribution is 9.10. The zero-order valence-electron chi connectivity index (χ0n) is 8.41. The molecule has 0 saturated carbocycles. The molecular weight excluding hydrogens is 289 g/mol. The number of nitrogens with zero attached hydrogens (tertiary/aromatic N) is 3. The van der Waals surface area contributed by atoms with Crippen LogP contribution < -0.4 is 0 Å². The molecule has 3 nitrogen and oxygen atoms in total. The van der Waals surface area contributed by atoms with Gasteiger partial charge in [0.25, 0.3) is 0 Å². The predicted molar refractivity (Wildman–Crippen MR) is 67.9 cm³/mol. The van der Waals surface area contributed by atoms with Crippen molar-refractivity contribution in [3.8, 4) is 0 Å². The molecular formula is C11H7BrClN3. The maximum Gasteiger partial charge on any atom is 0.155 e. The van der Waals surface area contributed by atoms with Crippen LogP contribution in [0.25, 0.3) is 16.6 Å².